The first-order valence-electron chi connectivity index (χ1n) is 16.8. The fourth-order valence-corrected chi connectivity index (χ4v) is 9.17. The molecular formula is C35H52ClN5OS. The highest BCUT2D eigenvalue weighted by atomic mass is 35.5. The molecule has 0 spiro atoms. The Labute approximate surface area is 267 Å². The van der Waals surface area contributed by atoms with Crippen LogP contribution < -0.4 is 15.6 Å². The number of rotatable bonds is 16. The second kappa shape index (κ2) is 16.3. The summed E-state index contributed by atoms with van der Waals surface area (Å²) in [5.41, 5.74) is 7.10. The van der Waals surface area contributed by atoms with Crippen LogP contribution in [0.4, 0.5) is 10.5 Å². The maximum Gasteiger partial charge on any atom is 0.333 e. The van der Waals surface area contributed by atoms with Gasteiger partial charge in [0.05, 0.1) is 28.9 Å². The third kappa shape index (κ3) is 7.97. The number of benzene rings is 1. The lowest BCUT2D eigenvalue weighted by molar-refractivity contribution is 0.156. The molecule has 5 rings (SSSR count). The van der Waals surface area contributed by atoms with E-state index in [1.54, 1.807) is 0 Å². The molecule has 0 aromatic heterocycles. The predicted octanol–water partition coefficient (Wildman–Crippen LogP) is 8.90. The van der Waals surface area contributed by atoms with E-state index in [9.17, 15) is 4.79 Å². The van der Waals surface area contributed by atoms with Crippen LogP contribution in [0.5, 0.6) is 0 Å². The van der Waals surface area contributed by atoms with Crippen LogP contribution in [0.25, 0.3) is 0 Å². The van der Waals surface area contributed by atoms with E-state index in [4.69, 9.17) is 11.6 Å². The summed E-state index contributed by atoms with van der Waals surface area (Å²) >= 11 is 6.69. The molecule has 8 heteroatoms. The maximum absolute atomic E-state index is 13.5. The standard InChI is InChI=1S/C35H52ClN5OS/c1-3-4-5-6-7-8-9-10-11-12-13-14-15-18-24-37-35(42)41-33-26-39(31-22-17-16-21-30(31)36)25-29-28-20-19-23-32(28)43(2)34(29)40(33)27-38-41/h16-17,19,21-23,25,33,38H,3-15,18,20,24,26-27H2,1-2H3,(H,37,42). The van der Waals surface area contributed by atoms with E-state index >= 15 is 0 Å². The van der Waals surface area contributed by atoms with Gasteiger partial charge < -0.3 is 10.2 Å². The van der Waals surface area contributed by atoms with E-state index in [2.05, 4.69) is 58.1 Å². The molecule has 2 unspecified atom stereocenters. The molecule has 1 fully saturated rings. The van der Waals surface area contributed by atoms with Crippen LogP contribution in [0, 0.1) is 0 Å². The lowest BCUT2D eigenvalue weighted by atomic mass is 10.0. The molecule has 2 N–H and O–H groups in total. The molecule has 2 atom stereocenters. The molecule has 3 heterocycles. The molecule has 2 amide bonds. The van der Waals surface area contributed by atoms with Crippen molar-refractivity contribution in [1.82, 2.24) is 20.7 Å². The lowest BCUT2D eigenvalue weighted by Crippen LogP contribution is -2.53. The Morgan fingerprint density at radius 2 is 1.63 bits per heavy atom. The molecule has 1 aliphatic carbocycles. The monoisotopic (exact) mass is 625 g/mol. The number of carbonyl (C=O) groups is 1. The first kappa shape index (κ1) is 32.3. The van der Waals surface area contributed by atoms with E-state index in [1.807, 2.05) is 23.2 Å². The second-order valence-corrected chi connectivity index (χ2v) is 14.6. The van der Waals surface area contributed by atoms with Crippen molar-refractivity contribution in [2.45, 2.75) is 109 Å². The van der Waals surface area contributed by atoms with Crippen molar-refractivity contribution in [3.8, 4) is 0 Å². The SMILES string of the molecule is CCCCCCCCCCCCCCCCNC(=O)N1NCN2C3=S(C)C4=C(CC=C4)C3=CN(c3ccccc3Cl)CC21. The Morgan fingerprint density at radius 3 is 2.30 bits per heavy atom. The van der Waals surface area contributed by atoms with Gasteiger partial charge in [0, 0.05) is 23.2 Å². The average molecular weight is 626 g/mol. The molecule has 0 radical (unpaired) electrons. The average Bonchev–Trinajstić information content (AvgIpc) is 3.69. The van der Waals surface area contributed by atoms with Crippen LogP contribution >= 0.6 is 22.1 Å². The normalized spacial score (nSPS) is 21.3. The molecule has 1 aromatic carbocycles. The van der Waals surface area contributed by atoms with Gasteiger partial charge in [0.15, 0.2) is 0 Å². The minimum absolute atomic E-state index is 0.0282. The Morgan fingerprint density at radius 1 is 0.977 bits per heavy atom. The van der Waals surface area contributed by atoms with Gasteiger partial charge in [-0.25, -0.2) is 20.1 Å². The van der Waals surface area contributed by atoms with Crippen molar-refractivity contribution in [3.63, 3.8) is 0 Å². The van der Waals surface area contributed by atoms with Gasteiger partial charge in [-0.05, 0) is 36.8 Å². The van der Waals surface area contributed by atoms with Gasteiger partial charge in [0.2, 0.25) is 0 Å². The number of allylic oxidation sites excluding steroid dienone is 2. The first-order valence-corrected chi connectivity index (χ1v) is 18.8. The van der Waals surface area contributed by atoms with Crippen molar-refractivity contribution >= 4 is 38.8 Å². The number of anilines is 1. The minimum Gasteiger partial charge on any atom is -0.343 e. The summed E-state index contributed by atoms with van der Waals surface area (Å²) in [6.45, 7) is 4.27. The number of fused-ring (bicyclic) bond motifs is 4. The van der Waals surface area contributed by atoms with Crippen molar-refractivity contribution in [3.05, 3.63) is 63.7 Å². The molecule has 1 saturated heterocycles. The van der Waals surface area contributed by atoms with Crippen LogP contribution in [-0.2, 0) is 0 Å². The van der Waals surface area contributed by atoms with Gasteiger partial charge in [-0.2, -0.15) is 0 Å². The maximum atomic E-state index is 13.5. The fraction of sp³-hybridized carbons (Fsp3) is 0.600. The summed E-state index contributed by atoms with van der Waals surface area (Å²) < 4.78 is 0. The van der Waals surface area contributed by atoms with Crippen molar-refractivity contribution in [2.24, 2.45) is 0 Å². The van der Waals surface area contributed by atoms with Crippen LogP contribution in [0.2, 0.25) is 5.02 Å². The summed E-state index contributed by atoms with van der Waals surface area (Å²) in [4.78, 5) is 20.9. The zero-order chi connectivity index (χ0) is 30.0. The van der Waals surface area contributed by atoms with Gasteiger partial charge in [-0.15, -0.1) is 10.5 Å². The van der Waals surface area contributed by atoms with Crippen molar-refractivity contribution in [1.29, 1.82) is 0 Å². The Hall–Kier alpha value is -2.06. The van der Waals surface area contributed by atoms with Crippen LogP contribution in [-0.4, -0.2) is 53.1 Å². The summed E-state index contributed by atoms with van der Waals surface area (Å²) in [6, 6.07) is 7.97. The highest BCUT2D eigenvalue weighted by Gasteiger charge is 2.44. The third-order valence-corrected chi connectivity index (χ3v) is 11.6. The zero-order valence-electron chi connectivity index (χ0n) is 26.4. The number of unbranched alkanes of at least 4 members (excludes halogenated alkanes) is 13. The van der Waals surface area contributed by atoms with E-state index in [-0.39, 0.29) is 22.7 Å². The molecule has 0 bridgehead atoms. The van der Waals surface area contributed by atoms with Crippen LogP contribution in [0.15, 0.2) is 58.7 Å². The van der Waals surface area contributed by atoms with Gasteiger partial charge >= 0.3 is 6.03 Å². The fourth-order valence-electron chi connectivity index (χ4n) is 6.81. The third-order valence-electron chi connectivity index (χ3n) is 9.23. The molecular weight excluding hydrogens is 574 g/mol. The van der Waals surface area contributed by atoms with Gasteiger partial charge in [0.1, 0.15) is 6.17 Å². The molecule has 4 aliphatic rings. The number of urea groups is 1. The van der Waals surface area contributed by atoms with E-state index in [1.165, 1.54) is 105 Å². The first-order chi connectivity index (χ1) is 21.1. The van der Waals surface area contributed by atoms with Gasteiger partial charge in [-0.1, -0.05) is 126 Å². The second-order valence-electron chi connectivity index (χ2n) is 12.4. The minimum atomic E-state index is -0.129. The van der Waals surface area contributed by atoms with E-state index in [0.717, 1.165) is 30.1 Å². The molecule has 43 heavy (non-hydrogen) atoms. The number of nitrogens with one attached hydrogen (secondary N) is 2. The Kier molecular flexibility index (Phi) is 12.3. The number of halogens is 1. The summed E-state index contributed by atoms with van der Waals surface area (Å²) in [5, 5.41) is 5.74. The van der Waals surface area contributed by atoms with Crippen LogP contribution in [0.1, 0.15) is 103 Å². The Balaban J connectivity index is 1.08. The molecule has 3 aliphatic heterocycles. The van der Waals surface area contributed by atoms with E-state index in [0.29, 0.717) is 13.2 Å². The highest BCUT2D eigenvalue weighted by Crippen LogP contribution is 2.48. The lowest BCUT2D eigenvalue weighted by Gasteiger charge is -2.31. The predicted molar refractivity (Wildman–Crippen MR) is 185 cm³/mol. The highest BCUT2D eigenvalue weighted by molar-refractivity contribution is 8.19. The molecule has 1 aromatic rings. The summed E-state index contributed by atoms with van der Waals surface area (Å²) in [6.07, 6.45) is 28.7. The number of hydrogen-bond acceptors (Lipinski definition) is 4. The Bertz CT molecular complexity index is 1240. The van der Waals surface area contributed by atoms with Gasteiger partial charge in [0.25, 0.3) is 0 Å². The quantitative estimate of drug-likeness (QED) is 0.142. The molecule has 236 valence electrons. The summed E-state index contributed by atoms with van der Waals surface area (Å²) in [7, 11) is -0.0282. The number of hydrazine groups is 1. The zero-order valence-corrected chi connectivity index (χ0v) is 28.0. The largest absolute Gasteiger partial charge is 0.343 e. The molecule has 6 nitrogen and oxygen atoms in total. The molecule has 0 saturated carbocycles. The number of hydrogen-bond donors (Lipinski definition) is 2. The van der Waals surface area contributed by atoms with Crippen LogP contribution in [0.3, 0.4) is 0 Å². The van der Waals surface area contributed by atoms with Gasteiger partial charge in [-0.3, -0.25) is 0 Å². The number of nitrogens with zero attached hydrogens (tertiary/aromatic N) is 3. The number of carbonyl (C=O) groups excluding carboxylic acids is 1. The topological polar surface area (TPSA) is 50.9 Å². The number of amides is 2. The smallest absolute Gasteiger partial charge is 0.333 e. The van der Waals surface area contributed by atoms with Crippen molar-refractivity contribution in [2.75, 3.05) is 30.9 Å². The number of para-hydroxylation sites is 1. The van der Waals surface area contributed by atoms with Crippen molar-refractivity contribution < 1.29 is 4.79 Å². The summed E-state index contributed by atoms with van der Waals surface area (Å²) in [5.74, 6) is 0. The van der Waals surface area contributed by atoms with E-state index < -0.39 is 0 Å².